The molecule has 0 unspecified atom stereocenters. The number of hydroxylamine groups is 1. The maximum atomic E-state index is 14.7. The van der Waals surface area contributed by atoms with E-state index in [0.29, 0.717) is 29.0 Å². The van der Waals surface area contributed by atoms with E-state index in [4.69, 9.17) is 9.57 Å². The molecule has 2 N–H and O–H groups in total. The molecule has 14 heteroatoms. The highest BCUT2D eigenvalue weighted by Gasteiger charge is 2.36. The molecule has 3 saturated heterocycles. The van der Waals surface area contributed by atoms with Gasteiger partial charge in [0.25, 0.3) is 0 Å². The lowest BCUT2D eigenvalue weighted by Gasteiger charge is -2.43. The molecule has 1 aromatic heterocycles. The van der Waals surface area contributed by atoms with Gasteiger partial charge in [0.1, 0.15) is 23.7 Å². The molecule has 4 fully saturated rings. The Hall–Kier alpha value is -4.40. The molecule has 3 aliphatic heterocycles. The Kier molecular flexibility index (Phi) is 9.61. The highest BCUT2D eigenvalue weighted by Crippen LogP contribution is 2.41. The number of hydrogen-bond acceptors (Lipinski definition) is 10. The Morgan fingerprint density at radius 2 is 1.61 bits per heavy atom. The SMILES string of the molecule is C=CC(=O)Nc1cc(Nc2cc(N3OCC[C@@H]3c3c(F)ccc(F)c3F)ncn2)c(OC)cc1N1CCC(N2CCN(C3CC3)CC2)CC1. The topological polar surface area (TPSA) is 98.3 Å². The Bertz CT molecular complexity index is 1690. The van der Waals surface area contributed by atoms with Crippen molar-refractivity contribution in [2.24, 2.45) is 0 Å². The third-order valence-electron chi connectivity index (χ3n) is 9.95. The van der Waals surface area contributed by atoms with Crippen molar-refractivity contribution in [3.8, 4) is 5.75 Å². The number of halogens is 3. The van der Waals surface area contributed by atoms with Gasteiger partial charge in [0.2, 0.25) is 5.91 Å². The number of anilines is 5. The number of nitrogens with zero attached hydrogens (tertiary/aromatic N) is 6. The normalized spacial score (nSPS) is 20.8. The zero-order chi connectivity index (χ0) is 34.1. The van der Waals surface area contributed by atoms with Crippen molar-refractivity contribution in [1.29, 1.82) is 0 Å². The van der Waals surface area contributed by atoms with Crippen molar-refractivity contribution in [2.75, 3.05) is 73.6 Å². The summed E-state index contributed by atoms with van der Waals surface area (Å²) in [6.45, 7) is 9.97. The molecule has 1 aliphatic carbocycles. The van der Waals surface area contributed by atoms with Gasteiger partial charge < -0.3 is 20.3 Å². The van der Waals surface area contributed by atoms with Gasteiger partial charge in [-0.05, 0) is 50.0 Å². The summed E-state index contributed by atoms with van der Waals surface area (Å²) in [5.41, 5.74) is 1.51. The lowest BCUT2D eigenvalue weighted by molar-refractivity contribution is -0.111. The molecule has 260 valence electrons. The molecule has 4 aliphatic rings. The average Bonchev–Trinajstić information content (AvgIpc) is 3.87. The molecular formula is C35H41F3N8O3. The summed E-state index contributed by atoms with van der Waals surface area (Å²) in [7, 11) is 1.57. The zero-order valence-corrected chi connectivity index (χ0v) is 27.5. The number of methoxy groups -OCH3 is 1. The first kappa shape index (κ1) is 33.1. The number of carbonyl (C=O) groups excluding carboxylic acids is 1. The number of hydrogen-bond donors (Lipinski definition) is 2. The third-order valence-corrected chi connectivity index (χ3v) is 9.95. The van der Waals surface area contributed by atoms with Crippen LogP contribution in [0.3, 0.4) is 0 Å². The van der Waals surface area contributed by atoms with Crippen LogP contribution in [0.2, 0.25) is 0 Å². The molecule has 3 aromatic rings. The first-order valence-corrected chi connectivity index (χ1v) is 16.9. The molecular weight excluding hydrogens is 637 g/mol. The van der Waals surface area contributed by atoms with Crippen LogP contribution in [-0.4, -0.2) is 90.7 Å². The molecule has 49 heavy (non-hydrogen) atoms. The van der Waals surface area contributed by atoms with Gasteiger partial charge >= 0.3 is 0 Å². The van der Waals surface area contributed by atoms with E-state index < -0.39 is 29.1 Å². The molecule has 0 spiro atoms. The number of ether oxygens (including phenoxy) is 1. The van der Waals surface area contributed by atoms with Gasteiger partial charge in [-0.3, -0.25) is 19.4 Å². The van der Waals surface area contributed by atoms with E-state index in [1.807, 2.05) is 6.07 Å². The van der Waals surface area contributed by atoms with Crippen molar-refractivity contribution >= 4 is 34.6 Å². The summed E-state index contributed by atoms with van der Waals surface area (Å²) in [5, 5.41) is 7.45. The Morgan fingerprint density at radius 3 is 2.29 bits per heavy atom. The predicted octanol–water partition coefficient (Wildman–Crippen LogP) is 5.40. The van der Waals surface area contributed by atoms with E-state index in [1.165, 1.54) is 30.3 Å². The van der Waals surface area contributed by atoms with E-state index in [-0.39, 0.29) is 24.8 Å². The maximum Gasteiger partial charge on any atom is 0.247 e. The Balaban J connectivity index is 1.09. The fourth-order valence-corrected chi connectivity index (χ4v) is 7.24. The molecule has 7 rings (SSSR count). The van der Waals surface area contributed by atoms with Crippen LogP contribution in [0.5, 0.6) is 5.75 Å². The Labute approximate surface area is 283 Å². The highest BCUT2D eigenvalue weighted by molar-refractivity contribution is 6.02. The van der Waals surface area contributed by atoms with Crippen LogP contribution >= 0.6 is 0 Å². The summed E-state index contributed by atoms with van der Waals surface area (Å²) < 4.78 is 49.3. The molecule has 0 bridgehead atoms. The summed E-state index contributed by atoms with van der Waals surface area (Å²) in [6.07, 6.45) is 7.46. The number of piperidine rings is 1. The summed E-state index contributed by atoms with van der Waals surface area (Å²) in [4.78, 5) is 34.4. The van der Waals surface area contributed by atoms with Gasteiger partial charge in [0, 0.05) is 69.9 Å². The van der Waals surface area contributed by atoms with Crippen LogP contribution in [0, 0.1) is 17.5 Å². The van der Waals surface area contributed by atoms with Crippen molar-refractivity contribution < 1.29 is 27.5 Å². The molecule has 1 atom stereocenters. The van der Waals surface area contributed by atoms with E-state index in [1.54, 1.807) is 19.2 Å². The number of benzene rings is 2. The lowest BCUT2D eigenvalue weighted by Crippen LogP contribution is -2.53. The Morgan fingerprint density at radius 1 is 0.918 bits per heavy atom. The van der Waals surface area contributed by atoms with Gasteiger partial charge in [-0.2, -0.15) is 0 Å². The zero-order valence-electron chi connectivity index (χ0n) is 27.5. The van der Waals surface area contributed by atoms with Gasteiger partial charge in [-0.1, -0.05) is 6.58 Å². The number of carbonyl (C=O) groups is 1. The van der Waals surface area contributed by atoms with E-state index in [9.17, 15) is 18.0 Å². The number of rotatable bonds is 10. The molecule has 1 saturated carbocycles. The van der Waals surface area contributed by atoms with E-state index in [0.717, 1.165) is 76.0 Å². The molecule has 0 radical (unpaired) electrons. The van der Waals surface area contributed by atoms with E-state index >= 15 is 0 Å². The fraction of sp³-hybridized carbons (Fsp3) is 0.457. The second kappa shape index (κ2) is 14.2. The van der Waals surface area contributed by atoms with Gasteiger partial charge in [0.15, 0.2) is 17.5 Å². The average molecular weight is 679 g/mol. The molecule has 1 amide bonds. The monoisotopic (exact) mass is 678 g/mol. The standard InChI is InChI=1S/C35H41F3N8O3/c1-3-33(47)42-26-18-27(30(48-2)19-29(26)45-11-8-23(9-12-45)44-15-13-43(14-16-44)22-4-5-22)41-31-20-32(40-21-39-31)46-28(10-17-49-46)34-24(36)6-7-25(37)35(34)38/h3,6-7,18-23,28H,1,4-5,8-17H2,2H3,(H,42,47)(H,39,40,41)/t28-/m1/s1. The quantitative estimate of drug-likeness (QED) is 0.214. The van der Waals surface area contributed by atoms with Crippen molar-refractivity contribution in [1.82, 2.24) is 19.8 Å². The van der Waals surface area contributed by atoms with E-state index in [2.05, 4.69) is 41.9 Å². The summed E-state index contributed by atoms with van der Waals surface area (Å²) >= 11 is 0. The second-order valence-electron chi connectivity index (χ2n) is 12.9. The van der Waals surface area contributed by atoms with Gasteiger partial charge in [0.05, 0.1) is 42.4 Å². The predicted molar refractivity (Wildman–Crippen MR) is 181 cm³/mol. The number of aromatic nitrogens is 2. The number of piperazine rings is 1. The van der Waals surface area contributed by atoms with Gasteiger partial charge in [-0.25, -0.2) is 28.2 Å². The van der Waals surface area contributed by atoms with Crippen LogP contribution in [-0.2, 0) is 9.63 Å². The smallest absolute Gasteiger partial charge is 0.247 e. The molecule has 11 nitrogen and oxygen atoms in total. The van der Waals surface area contributed by atoms with Crippen molar-refractivity contribution in [3.63, 3.8) is 0 Å². The van der Waals surface area contributed by atoms with Crippen LogP contribution in [0.4, 0.5) is 41.9 Å². The van der Waals surface area contributed by atoms with Crippen LogP contribution in [0.1, 0.15) is 43.7 Å². The minimum atomic E-state index is -1.26. The summed E-state index contributed by atoms with van der Waals surface area (Å²) in [5.74, 6) is -2.56. The molecule has 4 heterocycles. The molecule has 2 aromatic carbocycles. The second-order valence-corrected chi connectivity index (χ2v) is 12.9. The summed E-state index contributed by atoms with van der Waals surface area (Å²) in [6, 6.07) is 7.29. The third kappa shape index (κ3) is 7.03. The largest absolute Gasteiger partial charge is 0.494 e. The van der Waals surface area contributed by atoms with Gasteiger partial charge in [-0.15, -0.1) is 0 Å². The van der Waals surface area contributed by atoms with Crippen LogP contribution in [0.25, 0.3) is 0 Å². The van der Waals surface area contributed by atoms with Crippen LogP contribution in [0.15, 0.2) is 49.3 Å². The first-order chi connectivity index (χ1) is 23.8. The number of nitrogens with one attached hydrogen (secondary N) is 2. The highest BCUT2D eigenvalue weighted by atomic mass is 19.2. The first-order valence-electron chi connectivity index (χ1n) is 16.9. The minimum absolute atomic E-state index is 0.156. The van der Waals surface area contributed by atoms with Crippen molar-refractivity contribution in [2.45, 2.75) is 50.2 Å². The fourth-order valence-electron chi connectivity index (χ4n) is 7.24. The van der Waals surface area contributed by atoms with Crippen LogP contribution < -0.4 is 25.3 Å². The minimum Gasteiger partial charge on any atom is -0.494 e. The lowest BCUT2D eigenvalue weighted by atomic mass is 10.0. The van der Waals surface area contributed by atoms with Crippen molar-refractivity contribution in [3.05, 3.63) is 72.3 Å². The maximum absolute atomic E-state index is 14.7. The number of amides is 1.